The second-order valence-corrected chi connectivity index (χ2v) is 3.41. The maximum absolute atomic E-state index is 5.47. The lowest BCUT2D eigenvalue weighted by Crippen LogP contribution is -2.15. The van der Waals surface area contributed by atoms with Gasteiger partial charge in [0, 0.05) is 18.8 Å². The Kier molecular flexibility index (Phi) is 2.58. The minimum absolute atomic E-state index is 0.423. The van der Waals surface area contributed by atoms with E-state index in [0.29, 0.717) is 12.4 Å². The molecule has 0 radical (unpaired) electrons. The first-order chi connectivity index (χ1) is 7.25. The highest BCUT2D eigenvalue weighted by Gasteiger charge is 2.05. The maximum atomic E-state index is 5.47. The van der Waals surface area contributed by atoms with Crippen LogP contribution in [0.25, 0.3) is 0 Å². The van der Waals surface area contributed by atoms with Crippen molar-refractivity contribution in [3.63, 3.8) is 0 Å². The molecule has 2 N–H and O–H groups in total. The van der Waals surface area contributed by atoms with E-state index >= 15 is 0 Å². The lowest BCUT2D eigenvalue weighted by molar-refractivity contribution is 0.385. The summed E-state index contributed by atoms with van der Waals surface area (Å²) in [5.41, 5.74) is 6.60. The van der Waals surface area contributed by atoms with Gasteiger partial charge in [0.2, 0.25) is 0 Å². The molecule has 0 unspecified atom stereocenters. The summed E-state index contributed by atoms with van der Waals surface area (Å²) in [5.74, 6) is 1.19. The molecule has 0 spiro atoms. The topological polar surface area (TPSA) is 55.3 Å². The molecule has 0 atom stereocenters. The smallest absolute Gasteiger partial charge is 0.167 e. The van der Waals surface area contributed by atoms with Gasteiger partial charge < -0.3 is 15.2 Å². The Morgan fingerprint density at radius 2 is 2.07 bits per heavy atom. The molecule has 15 heavy (non-hydrogen) atoms. The molecule has 2 aromatic rings. The van der Waals surface area contributed by atoms with Gasteiger partial charge in [0.05, 0.1) is 6.54 Å². The fraction of sp³-hybridized carbons (Fsp3) is 0.182. The van der Waals surface area contributed by atoms with E-state index in [0.717, 1.165) is 11.4 Å². The fourth-order valence-corrected chi connectivity index (χ4v) is 1.41. The minimum Gasteiger partial charge on any atom is -0.381 e. The third kappa shape index (κ3) is 2.28. The Labute approximate surface area is 88.3 Å². The Bertz CT molecular complexity index is 424. The van der Waals surface area contributed by atoms with Gasteiger partial charge in [0.15, 0.2) is 11.6 Å². The van der Waals surface area contributed by atoms with E-state index in [9.17, 15) is 0 Å². The van der Waals surface area contributed by atoms with Gasteiger partial charge in [0.25, 0.3) is 0 Å². The van der Waals surface area contributed by atoms with Gasteiger partial charge in [-0.15, -0.1) is 0 Å². The van der Waals surface area contributed by atoms with Crippen LogP contribution in [0, 0.1) is 0 Å². The number of aromatic nitrogens is 1. The zero-order valence-corrected chi connectivity index (χ0v) is 8.55. The maximum Gasteiger partial charge on any atom is 0.167 e. The molecule has 0 bridgehead atoms. The average Bonchev–Trinajstić information content (AvgIpc) is 2.65. The van der Waals surface area contributed by atoms with Crippen LogP contribution >= 0.6 is 0 Å². The van der Waals surface area contributed by atoms with Crippen molar-refractivity contribution in [1.82, 2.24) is 5.16 Å². The van der Waals surface area contributed by atoms with E-state index in [4.69, 9.17) is 10.3 Å². The Hall–Kier alpha value is -1.97. The number of hydrogen-bond acceptors (Lipinski definition) is 4. The van der Waals surface area contributed by atoms with Crippen LogP contribution in [0.15, 0.2) is 40.9 Å². The van der Waals surface area contributed by atoms with E-state index in [1.807, 2.05) is 37.4 Å². The molecule has 0 aliphatic rings. The van der Waals surface area contributed by atoms with E-state index in [1.54, 1.807) is 6.07 Å². The van der Waals surface area contributed by atoms with Crippen LogP contribution in [-0.2, 0) is 6.54 Å². The van der Waals surface area contributed by atoms with Gasteiger partial charge in [0.1, 0.15) is 0 Å². The van der Waals surface area contributed by atoms with Gasteiger partial charge in [-0.25, -0.2) is 0 Å². The lowest BCUT2D eigenvalue weighted by atomic mass is 10.3. The van der Waals surface area contributed by atoms with Crippen molar-refractivity contribution in [2.45, 2.75) is 6.54 Å². The Morgan fingerprint density at radius 1 is 1.33 bits per heavy atom. The van der Waals surface area contributed by atoms with Crippen LogP contribution in [0.2, 0.25) is 0 Å². The van der Waals surface area contributed by atoms with Crippen molar-refractivity contribution in [1.29, 1.82) is 0 Å². The molecule has 0 aliphatic heterocycles. The Balaban J connectivity index is 2.07. The van der Waals surface area contributed by atoms with Gasteiger partial charge in [-0.2, -0.15) is 0 Å². The monoisotopic (exact) mass is 203 g/mol. The number of nitrogen functional groups attached to an aromatic ring is 1. The van der Waals surface area contributed by atoms with Crippen molar-refractivity contribution in [2.75, 3.05) is 17.7 Å². The first-order valence-electron chi connectivity index (χ1n) is 4.73. The third-order valence-electron chi connectivity index (χ3n) is 2.17. The predicted molar refractivity (Wildman–Crippen MR) is 59.5 cm³/mol. The summed E-state index contributed by atoms with van der Waals surface area (Å²) in [4.78, 5) is 2.07. The highest BCUT2D eigenvalue weighted by atomic mass is 16.5. The summed E-state index contributed by atoms with van der Waals surface area (Å²) in [6, 6.07) is 11.8. The quantitative estimate of drug-likeness (QED) is 0.827. The van der Waals surface area contributed by atoms with Crippen LogP contribution in [0.5, 0.6) is 0 Å². The second kappa shape index (κ2) is 4.04. The molecule has 0 fully saturated rings. The third-order valence-corrected chi connectivity index (χ3v) is 2.17. The molecule has 0 aliphatic carbocycles. The second-order valence-electron chi connectivity index (χ2n) is 3.41. The average molecular weight is 203 g/mol. The van der Waals surface area contributed by atoms with Crippen LogP contribution in [-0.4, -0.2) is 12.2 Å². The molecule has 4 heteroatoms. The molecular formula is C11H13N3O. The zero-order valence-electron chi connectivity index (χ0n) is 8.55. The minimum atomic E-state index is 0.423. The number of benzene rings is 1. The molecule has 0 amide bonds. The van der Waals surface area contributed by atoms with E-state index in [-0.39, 0.29) is 0 Å². The van der Waals surface area contributed by atoms with Crippen LogP contribution in [0.1, 0.15) is 5.76 Å². The molecule has 1 aromatic carbocycles. The van der Waals surface area contributed by atoms with Gasteiger partial charge >= 0.3 is 0 Å². The summed E-state index contributed by atoms with van der Waals surface area (Å²) >= 11 is 0. The van der Waals surface area contributed by atoms with Crippen LogP contribution < -0.4 is 10.6 Å². The summed E-state index contributed by atoms with van der Waals surface area (Å²) in [5, 5.41) is 3.64. The molecular weight excluding hydrogens is 190 g/mol. The zero-order chi connectivity index (χ0) is 10.7. The predicted octanol–water partition coefficient (Wildman–Crippen LogP) is 1.89. The normalized spacial score (nSPS) is 10.2. The van der Waals surface area contributed by atoms with Crippen molar-refractivity contribution in [3.05, 3.63) is 42.2 Å². The number of para-hydroxylation sites is 1. The molecule has 1 heterocycles. The first kappa shape index (κ1) is 9.58. The SMILES string of the molecule is CN(Cc1cc(N)no1)c1ccccc1. The number of rotatable bonds is 3. The summed E-state index contributed by atoms with van der Waals surface area (Å²) in [7, 11) is 1.99. The lowest BCUT2D eigenvalue weighted by Gasteiger charge is -2.16. The molecule has 0 saturated heterocycles. The van der Waals surface area contributed by atoms with Crippen molar-refractivity contribution < 1.29 is 4.52 Å². The van der Waals surface area contributed by atoms with Gasteiger partial charge in [-0.1, -0.05) is 23.4 Å². The molecule has 1 aromatic heterocycles. The molecule has 2 rings (SSSR count). The largest absolute Gasteiger partial charge is 0.381 e. The number of anilines is 2. The van der Waals surface area contributed by atoms with Crippen molar-refractivity contribution in [3.8, 4) is 0 Å². The van der Waals surface area contributed by atoms with Crippen molar-refractivity contribution >= 4 is 11.5 Å². The number of nitrogens with two attached hydrogens (primary N) is 1. The number of nitrogens with zero attached hydrogens (tertiary/aromatic N) is 2. The molecule has 78 valence electrons. The van der Waals surface area contributed by atoms with E-state index in [2.05, 4.69) is 10.1 Å². The van der Waals surface area contributed by atoms with Crippen LogP contribution in [0.4, 0.5) is 11.5 Å². The summed E-state index contributed by atoms with van der Waals surface area (Å²) in [6.45, 7) is 0.661. The highest BCUT2D eigenvalue weighted by Crippen LogP contribution is 2.15. The fourth-order valence-electron chi connectivity index (χ4n) is 1.41. The standard InChI is InChI=1S/C11H13N3O/c1-14(9-5-3-2-4-6-9)8-10-7-11(12)13-15-10/h2-7H,8H2,1H3,(H2,12,13). The summed E-state index contributed by atoms with van der Waals surface area (Å²) in [6.07, 6.45) is 0. The highest BCUT2D eigenvalue weighted by molar-refractivity contribution is 5.45. The van der Waals surface area contributed by atoms with Crippen LogP contribution in [0.3, 0.4) is 0 Å². The van der Waals surface area contributed by atoms with E-state index in [1.165, 1.54) is 0 Å². The number of hydrogen-bond donors (Lipinski definition) is 1. The van der Waals surface area contributed by atoms with E-state index < -0.39 is 0 Å². The summed E-state index contributed by atoms with van der Waals surface area (Å²) < 4.78 is 5.04. The van der Waals surface area contributed by atoms with Gasteiger partial charge in [-0.3, -0.25) is 0 Å². The van der Waals surface area contributed by atoms with Gasteiger partial charge in [-0.05, 0) is 12.1 Å². The Morgan fingerprint density at radius 3 is 2.67 bits per heavy atom. The molecule has 0 saturated carbocycles. The first-order valence-corrected chi connectivity index (χ1v) is 4.73. The molecule has 4 nitrogen and oxygen atoms in total. The van der Waals surface area contributed by atoms with Crippen molar-refractivity contribution in [2.24, 2.45) is 0 Å².